The van der Waals surface area contributed by atoms with Crippen molar-refractivity contribution in [2.24, 2.45) is 70.5 Å². The third kappa shape index (κ3) is 23.0. The van der Waals surface area contributed by atoms with Crippen LogP contribution in [0.5, 0.6) is 0 Å². The van der Waals surface area contributed by atoms with Gasteiger partial charge in [0.2, 0.25) is 5.82 Å². The molecule has 0 bridgehead atoms. The van der Waals surface area contributed by atoms with Gasteiger partial charge in [-0.3, -0.25) is 4.68 Å². The molecule has 0 fully saturated rings. The molecule has 0 aliphatic carbocycles. The van der Waals surface area contributed by atoms with E-state index in [0.717, 1.165) is 33.5 Å². The summed E-state index contributed by atoms with van der Waals surface area (Å²) in [6.45, 7) is 3.65. The quantitative estimate of drug-likeness (QED) is 0.214. The second kappa shape index (κ2) is 32.3. The van der Waals surface area contributed by atoms with Gasteiger partial charge in [0.05, 0.1) is 51.6 Å². The molecule has 0 amide bonds. The van der Waals surface area contributed by atoms with Crippen molar-refractivity contribution in [2.45, 2.75) is 13.8 Å². The van der Waals surface area contributed by atoms with Gasteiger partial charge in [0.1, 0.15) is 28.7 Å². The highest BCUT2D eigenvalue weighted by Crippen LogP contribution is 2.11. The van der Waals surface area contributed by atoms with E-state index in [2.05, 4.69) is 123 Å². The molecule has 0 saturated heterocycles. The Morgan fingerprint density at radius 2 is 1.05 bits per heavy atom. The Hall–Kier alpha value is -10.7. The summed E-state index contributed by atoms with van der Waals surface area (Å²) in [5.41, 5.74) is 4.91. The van der Waals surface area contributed by atoms with Crippen LogP contribution in [0.25, 0.3) is 33.5 Å². The third-order valence-electron chi connectivity index (χ3n) is 8.50. The van der Waals surface area contributed by atoms with Crippen molar-refractivity contribution in [1.29, 1.82) is 0 Å². The molecule has 10 aromatic heterocycles. The van der Waals surface area contributed by atoms with E-state index in [0.29, 0.717) is 11.6 Å². The van der Waals surface area contributed by atoms with Gasteiger partial charge in [-0.1, -0.05) is 65.0 Å². The van der Waals surface area contributed by atoms with Crippen molar-refractivity contribution in [1.82, 2.24) is 171 Å². The molecule has 0 aliphatic heterocycles. The monoisotopic (exact) mass is 1040 g/mol. The molecule has 34 nitrogen and oxygen atoms in total. The zero-order valence-electron chi connectivity index (χ0n) is 43.9. The maximum atomic E-state index is 4.12. The zero-order chi connectivity index (χ0) is 54.9. The average Bonchev–Trinajstić information content (AvgIpc) is 4.25. The topological polar surface area (TPSA) is 359 Å². The summed E-state index contributed by atoms with van der Waals surface area (Å²) in [4.78, 5) is 11.1. The van der Waals surface area contributed by atoms with Crippen LogP contribution in [0.4, 0.5) is 0 Å². The predicted molar refractivity (Wildman–Crippen MR) is 271 cm³/mol. The standard InChI is InChI=1S/C8H8N4.2C7H7N3.C4H6N2.2C3H6N4.2C3H5N3.2C2H4N4/c1-12-10-8(9-11-12)7-5-3-2-4-6-7;1-10-7-5-3-2-4-6(7)8-9-10;1-10-8-6-4-2-3-5-7(6)9-10;1-6-3-2-5-4-6;1-3-4-5-6-7(3)2;1-3-4-6-7(2)5-3;1-6-3-2-4-5-6;1-6-4-2-3-5-6;1-6-2-3-4-5-6;1-6-4-2-3-5-6/h2-6H,1H3;2*2-5H,1H3;2-4H,1H3;2*1-2H3;2*2-3H,1H3;2*2H,1H3. The van der Waals surface area contributed by atoms with E-state index in [9.17, 15) is 0 Å². The molecule has 0 saturated carbocycles. The van der Waals surface area contributed by atoms with Crippen molar-refractivity contribution in [3.63, 3.8) is 0 Å². The summed E-state index contributed by atoms with van der Waals surface area (Å²) in [7, 11) is 18.0. The molecule has 396 valence electrons. The zero-order valence-corrected chi connectivity index (χ0v) is 43.9. The minimum absolute atomic E-state index is 0.665. The number of imidazole rings is 1. The van der Waals surface area contributed by atoms with Crippen LogP contribution < -0.4 is 0 Å². The predicted octanol–water partition coefficient (Wildman–Crippen LogP) is 0.321. The molecule has 13 rings (SSSR count). The number of tetrazole rings is 5. The summed E-state index contributed by atoms with van der Waals surface area (Å²) in [5, 5.41) is 84.6. The van der Waals surface area contributed by atoms with Crippen LogP contribution in [0, 0.1) is 13.8 Å². The van der Waals surface area contributed by atoms with Crippen molar-refractivity contribution in [3.05, 3.63) is 147 Å². The molecule has 0 N–H and O–H groups in total. The number of aryl methyl sites for hydroxylation is 12. The average molecular weight is 1040 g/mol. The lowest BCUT2D eigenvalue weighted by Crippen LogP contribution is -1.92. The Bertz CT molecular complexity index is 3140. The van der Waals surface area contributed by atoms with Crippen molar-refractivity contribution < 1.29 is 0 Å². The number of para-hydroxylation sites is 1. The molecule has 0 radical (unpaired) electrons. The molecular formula is C42H58N34. The molecule has 76 heavy (non-hydrogen) atoms. The first-order valence-electron chi connectivity index (χ1n) is 22.2. The molecule has 0 spiro atoms. The number of nitrogens with zero attached hydrogens (tertiary/aromatic N) is 34. The van der Waals surface area contributed by atoms with Gasteiger partial charge in [-0.2, -0.15) is 44.4 Å². The van der Waals surface area contributed by atoms with Crippen LogP contribution in [0.15, 0.2) is 135 Å². The third-order valence-corrected chi connectivity index (χ3v) is 8.50. The van der Waals surface area contributed by atoms with Crippen molar-refractivity contribution in [3.8, 4) is 11.4 Å². The number of fused-ring (bicyclic) bond motifs is 2. The fraction of sp³-hybridized carbons (Fsp3) is 0.286. The number of hydrogen-bond donors (Lipinski definition) is 0. The van der Waals surface area contributed by atoms with Crippen LogP contribution in [0.3, 0.4) is 0 Å². The van der Waals surface area contributed by atoms with Crippen LogP contribution >= 0.6 is 0 Å². The summed E-state index contributed by atoms with van der Waals surface area (Å²) >= 11 is 0. The smallest absolute Gasteiger partial charge is 0.204 e. The highest BCUT2D eigenvalue weighted by atomic mass is 15.6. The lowest BCUT2D eigenvalue weighted by molar-refractivity contribution is 0.629. The molecular weight excluding hydrogens is 981 g/mol. The van der Waals surface area contributed by atoms with Crippen LogP contribution in [-0.2, 0) is 70.5 Å². The Labute approximate surface area is 434 Å². The minimum Gasteiger partial charge on any atom is -0.341 e. The molecule has 0 aliphatic rings. The Morgan fingerprint density at radius 1 is 0.395 bits per heavy atom. The highest BCUT2D eigenvalue weighted by molar-refractivity contribution is 5.74. The number of benzene rings is 3. The first-order valence-corrected chi connectivity index (χ1v) is 22.2. The Balaban J connectivity index is 0.000000185. The largest absolute Gasteiger partial charge is 0.341 e. The molecule has 0 atom stereocenters. The Morgan fingerprint density at radius 3 is 1.39 bits per heavy atom. The summed E-state index contributed by atoms with van der Waals surface area (Å²) in [5.74, 6) is 2.21. The maximum Gasteiger partial charge on any atom is 0.204 e. The normalized spacial score (nSPS) is 9.58. The van der Waals surface area contributed by atoms with E-state index in [1.54, 1.807) is 105 Å². The van der Waals surface area contributed by atoms with Crippen LogP contribution in [0.1, 0.15) is 11.6 Å². The molecule has 0 unspecified atom stereocenters. The summed E-state index contributed by atoms with van der Waals surface area (Å²) in [6, 6.07) is 25.4. The van der Waals surface area contributed by atoms with E-state index < -0.39 is 0 Å². The van der Waals surface area contributed by atoms with E-state index in [1.807, 2.05) is 125 Å². The minimum atomic E-state index is 0.665. The fourth-order valence-corrected chi connectivity index (χ4v) is 4.89. The van der Waals surface area contributed by atoms with Gasteiger partial charge in [-0.25, -0.2) is 19.0 Å². The van der Waals surface area contributed by atoms with Gasteiger partial charge >= 0.3 is 0 Å². The second-order valence-electron chi connectivity index (χ2n) is 14.8. The summed E-state index contributed by atoms with van der Waals surface area (Å²) < 4.78 is 8.43. The van der Waals surface area contributed by atoms with Gasteiger partial charge in [0.25, 0.3) is 0 Å². The van der Waals surface area contributed by atoms with Crippen LogP contribution in [-0.4, -0.2) is 171 Å². The molecule has 10 heterocycles. The fourth-order valence-electron chi connectivity index (χ4n) is 4.89. The second-order valence-corrected chi connectivity index (χ2v) is 14.8. The van der Waals surface area contributed by atoms with Gasteiger partial charge in [0.15, 0.2) is 12.2 Å². The van der Waals surface area contributed by atoms with Gasteiger partial charge in [0, 0.05) is 73.5 Å². The van der Waals surface area contributed by atoms with Crippen molar-refractivity contribution in [2.75, 3.05) is 0 Å². The lowest BCUT2D eigenvalue weighted by Gasteiger charge is -1.90. The van der Waals surface area contributed by atoms with E-state index in [4.69, 9.17) is 0 Å². The number of aromatic nitrogens is 34. The Kier molecular flexibility index (Phi) is 24.6. The van der Waals surface area contributed by atoms with E-state index in [1.165, 1.54) is 36.5 Å². The first kappa shape index (κ1) is 57.9. The molecule has 13 aromatic rings. The lowest BCUT2D eigenvalue weighted by atomic mass is 10.2. The van der Waals surface area contributed by atoms with Crippen LogP contribution in [0.2, 0.25) is 0 Å². The van der Waals surface area contributed by atoms with E-state index >= 15 is 0 Å². The highest BCUT2D eigenvalue weighted by Gasteiger charge is 2.01. The summed E-state index contributed by atoms with van der Waals surface area (Å²) in [6.07, 6.45) is 15.0. The molecule has 3 aromatic carbocycles. The maximum absolute atomic E-state index is 4.12. The van der Waals surface area contributed by atoms with Gasteiger partial charge in [-0.15, -0.1) is 51.0 Å². The molecule has 34 heteroatoms. The van der Waals surface area contributed by atoms with Crippen molar-refractivity contribution >= 4 is 22.1 Å². The van der Waals surface area contributed by atoms with E-state index in [-0.39, 0.29) is 0 Å². The number of hydrogen-bond acceptors (Lipinski definition) is 24. The van der Waals surface area contributed by atoms with Gasteiger partial charge in [-0.05, 0) is 74.6 Å². The SMILES string of the molecule is Cc1nnn(C)n1.Cc1nnnn1C.Cn1ccnc1.Cn1ccnn1.Cn1cnnn1.Cn1nc2ccccc2n1.Cn1nccn1.Cn1ncnn1.Cn1nnc(-c2ccccc2)n1.Cn1nnc2ccccc21. The first-order chi connectivity index (χ1) is 36.7. The van der Waals surface area contributed by atoms with Gasteiger partial charge < -0.3 is 4.57 Å². The number of rotatable bonds is 1.